The average molecular weight is 262 g/mol. The molecule has 0 saturated heterocycles. The molecule has 2 amide bonds. The van der Waals surface area contributed by atoms with E-state index in [1.807, 2.05) is 6.07 Å². The molecule has 1 rings (SSSR count). The molecule has 104 valence electrons. The van der Waals surface area contributed by atoms with Gasteiger partial charge in [0.05, 0.1) is 0 Å². The summed E-state index contributed by atoms with van der Waals surface area (Å²) < 4.78 is 0. The second-order valence-corrected chi connectivity index (χ2v) is 4.64. The van der Waals surface area contributed by atoms with Gasteiger partial charge in [-0.2, -0.15) is 0 Å². The number of carbonyl (C=O) groups is 2. The third-order valence-corrected chi connectivity index (χ3v) is 3.03. The maximum absolute atomic E-state index is 11.9. The molecule has 19 heavy (non-hydrogen) atoms. The molecule has 0 unspecified atom stereocenters. The summed E-state index contributed by atoms with van der Waals surface area (Å²) in [4.78, 5) is 23.3. The van der Waals surface area contributed by atoms with Crippen LogP contribution in [0.15, 0.2) is 30.3 Å². The molecule has 0 fully saturated rings. The molecular weight excluding hydrogens is 240 g/mol. The number of amides is 2. The van der Waals surface area contributed by atoms with E-state index in [4.69, 9.17) is 5.73 Å². The smallest absolute Gasteiger partial charge is 0.251 e. The molecule has 0 aliphatic rings. The maximum Gasteiger partial charge on any atom is 0.251 e. The van der Waals surface area contributed by atoms with Gasteiger partial charge in [-0.1, -0.05) is 50.8 Å². The van der Waals surface area contributed by atoms with Crippen LogP contribution < -0.4 is 11.1 Å². The molecule has 1 aromatic carbocycles. The summed E-state index contributed by atoms with van der Waals surface area (Å²) in [5, 5.41) is 2.70. The minimum absolute atomic E-state index is 0.250. The molecule has 0 aromatic heterocycles. The molecule has 4 heteroatoms. The van der Waals surface area contributed by atoms with Crippen molar-refractivity contribution in [3.8, 4) is 0 Å². The number of rotatable bonds is 8. The number of hydrogen-bond acceptors (Lipinski definition) is 2. The van der Waals surface area contributed by atoms with E-state index in [2.05, 4.69) is 12.2 Å². The Hall–Kier alpha value is -1.84. The summed E-state index contributed by atoms with van der Waals surface area (Å²) in [6.07, 6.45) is 4.83. The Kier molecular flexibility index (Phi) is 6.64. The molecule has 0 aliphatic carbocycles. The molecule has 0 aliphatic heterocycles. The monoisotopic (exact) mass is 262 g/mol. The van der Waals surface area contributed by atoms with Gasteiger partial charge in [0.15, 0.2) is 0 Å². The van der Waals surface area contributed by atoms with E-state index in [-0.39, 0.29) is 5.91 Å². The van der Waals surface area contributed by atoms with Crippen LogP contribution in [0.5, 0.6) is 0 Å². The first-order chi connectivity index (χ1) is 9.15. The Labute approximate surface area is 114 Å². The molecule has 0 bridgehead atoms. The van der Waals surface area contributed by atoms with E-state index in [9.17, 15) is 9.59 Å². The first-order valence-corrected chi connectivity index (χ1v) is 6.80. The lowest BCUT2D eigenvalue weighted by Crippen LogP contribution is -2.44. The van der Waals surface area contributed by atoms with Crippen molar-refractivity contribution in [2.75, 3.05) is 0 Å². The highest BCUT2D eigenvalue weighted by Gasteiger charge is 2.18. The van der Waals surface area contributed by atoms with Crippen molar-refractivity contribution in [1.82, 2.24) is 5.32 Å². The lowest BCUT2D eigenvalue weighted by atomic mass is 10.1. The summed E-state index contributed by atoms with van der Waals surface area (Å²) in [6, 6.07) is 8.26. The van der Waals surface area contributed by atoms with E-state index >= 15 is 0 Å². The molecule has 0 spiro atoms. The minimum atomic E-state index is -0.579. The molecule has 0 radical (unpaired) electrons. The van der Waals surface area contributed by atoms with Gasteiger partial charge >= 0.3 is 0 Å². The normalized spacial score (nSPS) is 11.8. The molecule has 1 atom stereocenters. The predicted octanol–water partition coefficient (Wildman–Crippen LogP) is 2.24. The van der Waals surface area contributed by atoms with E-state index in [1.54, 1.807) is 24.3 Å². The van der Waals surface area contributed by atoms with Crippen molar-refractivity contribution < 1.29 is 9.59 Å². The van der Waals surface area contributed by atoms with Crippen LogP contribution in [0.2, 0.25) is 0 Å². The zero-order valence-corrected chi connectivity index (χ0v) is 11.4. The van der Waals surface area contributed by atoms with Crippen LogP contribution in [0.4, 0.5) is 0 Å². The average Bonchev–Trinajstić information content (AvgIpc) is 2.42. The Morgan fingerprint density at radius 3 is 2.42 bits per heavy atom. The van der Waals surface area contributed by atoms with Crippen LogP contribution in [0.3, 0.4) is 0 Å². The van der Waals surface area contributed by atoms with Crippen molar-refractivity contribution in [2.24, 2.45) is 5.73 Å². The highest BCUT2D eigenvalue weighted by molar-refractivity contribution is 5.97. The van der Waals surface area contributed by atoms with Crippen LogP contribution >= 0.6 is 0 Å². The van der Waals surface area contributed by atoms with Crippen LogP contribution in [-0.4, -0.2) is 17.9 Å². The summed E-state index contributed by atoms with van der Waals surface area (Å²) >= 11 is 0. The van der Waals surface area contributed by atoms with Crippen LogP contribution in [0.25, 0.3) is 0 Å². The van der Waals surface area contributed by atoms with Crippen LogP contribution in [0, 0.1) is 0 Å². The lowest BCUT2D eigenvalue weighted by Gasteiger charge is -2.15. The van der Waals surface area contributed by atoms with E-state index < -0.39 is 11.9 Å². The van der Waals surface area contributed by atoms with Gasteiger partial charge in [-0.3, -0.25) is 9.59 Å². The first-order valence-electron chi connectivity index (χ1n) is 6.80. The maximum atomic E-state index is 11.9. The number of primary amides is 1. The summed E-state index contributed by atoms with van der Waals surface area (Å²) in [7, 11) is 0. The van der Waals surface area contributed by atoms with Crippen molar-refractivity contribution in [3.63, 3.8) is 0 Å². The van der Waals surface area contributed by atoms with E-state index in [0.717, 1.165) is 25.7 Å². The van der Waals surface area contributed by atoms with Crippen molar-refractivity contribution in [1.29, 1.82) is 0 Å². The summed E-state index contributed by atoms with van der Waals surface area (Å²) in [6.45, 7) is 2.13. The zero-order valence-electron chi connectivity index (χ0n) is 11.4. The Balaban J connectivity index is 2.49. The number of benzene rings is 1. The molecule has 1 aromatic rings. The largest absolute Gasteiger partial charge is 0.368 e. The lowest BCUT2D eigenvalue weighted by molar-refractivity contribution is -0.120. The van der Waals surface area contributed by atoms with Crippen molar-refractivity contribution in [2.45, 2.75) is 45.1 Å². The van der Waals surface area contributed by atoms with Crippen LogP contribution in [-0.2, 0) is 4.79 Å². The number of hydrogen-bond donors (Lipinski definition) is 2. The summed E-state index contributed by atoms with van der Waals surface area (Å²) in [5.74, 6) is -0.722. The van der Waals surface area contributed by atoms with Crippen LogP contribution in [0.1, 0.15) is 49.4 Å². The second-order valence-electron chi connectivity index (χ2n) is 4.64. The van der Waals surface area contributed by atoms with Gasteiger partial charge in [0, 0.05) is 5.56 Å². The number of nitrogens with two attached hydrogens (primary N) is 1. The number of nitrogens with one attached hydrogen (secondary N) is 1. The Morgan fingerprint density at radius 1 is 1.16 bits per heavy atom. The fourth-order valence-electron chi connectivity index (χ4n) is 1.89. The zero-order chi connectivity index (χ0) is 14.1. The van der Waals surface area contributed by atoms with Gasteiger partial charge < -0.3 is 11.1 Å². The Morgan fingerprint density at radius 2 is 1.84 bits per heavy atom. The minimum Gasteiger partial charge on any atom is -0.368 e. The topological polar surface area (TPSA) is 72.2 Å². The standard InChI is InChI=1S/C15H22N2O2/c1-2-3-4-8-11-13(14(16)18)17-15(19)12-9-6-5-7-10-12/h5-7,9-10,13H,2-4,8,11H2,1H3,(H2,16,18)(H,17,19)/t13-/m1/s1. The SMILES string of the molecule is CCCCCC[C@@H](NC(=O)c1ccccc1)C(N)=O. The molecule has 0 saturated carbocycles. The predicted molar refractivity (Wildman–Crippen MR) is 75.6 cm³/mol. The highest BCUT2D eigenvalue weighted by atomic mass is 16.2. The summed E-state index contributed by atoms with van der Waals surface area (Å²) in [5.41, 5.74) is 5.87. The second kappa shape index (κ2) is 8.29. The highest BCUT2D eigenvalue weighted by Crippen LogP contribution is 2.07. The fourth-order valence-corrected chi connectivity index (χ4v) is 1.89. The van der Waals surface area contributed by atoms with Gasteiger partial charge in [-0.25, -0.2) is 0 Å². The van der Waals surface area contributed by atoms with E-state index in [0.29, 0.717) is 12.0 Å². The third kappa shape index (κ3) is 5.55. The van der Waals surface area contributed by atoms with Crippen molar-refractivity contribution in [3.05, 3.63) is 35.9 Å². The van der Waals surface area contributed by atoms with Gasteiger partial charge in [0.2, 0.25) is 5.91 Å². The Bertz CT molecular complexity index is 404. The molecular formula is C15H22N2O2. The molecule has 4 nitrogen and oxygen atoms in total. The van der Waals surface area contributed by atoms with Crippen molar-refractivity contribution >= 4 is 11.8 Å². The number of unbranched alkanes of at least 4 members (excludes halogenated alkanes) is 3. The van der Waals surface area contributed by atoms with Gasteiger partial charge in [0.25, 0.3) is 5.91 Å². The molecule has 3 N–H and O–H groups in total. The third-order valence-electron chi connectivity index (χ3n) is 3.03. The number of carbonyl (C=O) groups excluding carboxylic acids is 2. The van der Waals surface area contributed by atoms with Gasteiger partial charge in [0.1, 0.15) is 6.04 Å². The van der Waals surface area contributed by atoms with E-state index in [1.165, 1.54) is 0 Å². The first kappa shape index (κ1) is 15.2. The quantitative estimate of drug-likeness (QED) is 0.705. The van der Waals surface area contributed by atoms with Gasteiger partial charge in [-0.15, -0.1) is 0 Å². The fraction of sp³-hybridized carbons (Fsp3) is 0.467. The van der Waals surface area contributed by atoms with Gasteiger partial charge in [-0.05, 0) is 18.6 Å². The molecule has 0 heterocycles.